The molecule has 0 radical (unpaired) electrons. The van der Waals surface area contributed by atoms with Gasteiger partial charge in [0.1, 0.15) is 0 Å². The minimum absolute atomic E-state index is 0.0897. The van der Waals surface area contributed by atoms with Gasteiger partial charge in [-0.15, -0.1) is 11.3 Å². The Morgan fingerprint density at radius 2 is 1.81 bits per heavy atom. The maximum Gasteiger partial charge on any atom is 0.185 e. The Hall–Kier alpha value is -1.76. The molecule has 1 aromatic carbocycles. The van der Waals surface area contributed by atoms with E-state index in [4.69, 9.17) is 9.72 Å². The average Bonchev–Trinajstić information content (AvgIpc) is 3.18. The van der Waals surface area contributed by atoms with E-state index in [1.165, 1.54) is 0 Å². The molecule has 0 N–H and O–H groups in total. The average molecular weight is 376 g/mol. The van der Waals surface area contributed by atoms with Crippen molar-refractivity contribution in [1.29, 1.82) is 0 Å². The number of carbonyl (C=O) groups is 1. The van der Waals surface area contributed by atoms with E-state index in [9.17, 15) is 4.79 Å². The molecule has 1 saturated heterocycles. The first kappa shape index (κ1) is 20.6. The van der Waals surface area contributed by atoms with Gasteiger partial charge in [-0.1, -0.05) is 38.1 Å². The Balaban J connectivity index is 0.00000117. The number of nitrogens with zero attached hydrogens (tertiary/aromatic N) is 3. The maximum absolute atomic E-state index is 11.4. The first-order valence-electron chi connectivity index (χ1n) is 9.20. The van der Waals surface area contributed by atoms with Crippen molar-refractivity contribution in [1.82, 2.24) is 9.88 Å². The summed E-state index contributed by atoms with van der Waals surface area (Å²) < 4.78 is 5.14. The summed E-state index contributed by atoms with van der Waals surface area (Å²) in [5, 5.41) is 3.17. The number of ether oxygens (including phenoxy) is 1. The molecule has 0 atom stereocenters. The lowest BCUT2D eigenvalue weighted by molar-refractivity contribution is 0.101. The summed E-state index contributed by atoms with van der Waals surface area (Å²) in [5.74, 6) is 0.0897. The molecule has 1 aliphatic heterocycles. The third kappa shape index (κ3) is 5.37. The van der Waals surface area contributed by atoms with Gasteiger partial charge in [-0.3, -0.25) is 9.69 Å². The Bertz CT molecular complexity index is 677. The number of anilines is 1. The highest BCUT2D eigenvalue weighted by molar-refractivity contribution is 7.14. The number of hydrogen-bond acceptors (Lipinski definition) is 6. The summed E-state index contributed by atoms with van der Waals surface area (Å²) in [6, 6.07) is 7.67. The highest BCUT2D eigenvalue weighted by Gasteiger charge is 2.19. The fraction of sp³-hybridized carbons (Fsp3) is 0.500. The molecule has 6 heteroatoms. The van der Waals surface area contributed by atoms with Crippen LogP contribution in [0, 0.1) is 0 Å². The van der Waals surface area contributed by atoms with E-state index >= 15 is 0 Å². The highest BCUT2D eigenvalue weighted by atomic mass is 32.1. The van der Waals surface area contributed by atoms with Gasteiger partial charge in [-0.05, 0) is 6.92 Å². The third-order valence-corrected chi connectivity index (χ3v) is 5.24. The van der Waals surface area contributed by atoms with E-state index in [1.807, 2.05) is 38.1 Å². The van der Waals surface area contributed by atoms with Crippen molar-refractivity contribution >= 4 is 22.3 Å². The molecule has 0 spiro atoms. The summed E-state index contributed by atoms with van der Waals surface area (Å²) in [5.41, 5.74) is 2.77. The predicted molar refractivity (Wildman–Crippen MR) is 109 cm³/mol. The number of thiazole rings is 1. The van der Waals surface area contributed by atoms with Crippen LogP contribution in [-0.4, -0.2) is 62.1 Å². The van der Waals surface area contributed by atoms with Gasteiger partial charge in [0.05, 0.1) is 12.3 Å². The summed E-state index contributed by atoms with van der Waals surface area (Å²) in [4.78, 5) is 20.9. The summed E-state index contributed by atoms with van der Waals surface area (Å²) in [6.45, 7) is 11.5. The second-order valence-electron chi connectivity index (χ2n) is 5.97. The van der Waals surface area contributed by atoms with Gasteiger partial charge < -0.3 is 9.64 Å². The summed E-state index contributed by atoms with van der Waals surface area (Å²) >= 11 is 1.69. The molecule has 3 rings (SSSR count). The maximum atomic E-state index is 11.4. The topological polar surface area (TPSA) is 45.7 Å². The molecular formula is C20H29N3O2S. The lowest BCUT2D eigenvalue weighted by Gasteiger charge is -2.34. The molecule has 1 fully saturated rings. The second-order valence-corrected chi connectivity index (χ2v) is 6.81. The Kier molecular flexibility index (Phi) is 8.22. The predicted octanol–water partition coefficient (Wildman–Crippen LogP) is 3.81. The van der Waals surface area contributed by atoms with Crippen LogP contribution in [0.1, 0.15) is 31.1 Å². The van der Waals surface area contributed by atoms with Crippen molar-refractivity contribution in [3.8, 4) is 11.3 Å². The quantitative estimate of drug-likeness (QED) is 0.719. The Morgan fingerprint density at radius 3 is 2.38 bits per heavy atom. The summed E-state index contributed by atoms with van der Waals surface area (Å²) in [6.07, 6.45) is 0. The van der Waals surface area contributed by atoms with Gasteiger partial charge in [0, 0.05) is 56.3 Å². The molecule has 1 aliphatic rings. The SMILES string of the molecule is CC.COCCN1CCN(c2nc(-c3ccc(C(C)=O)cc3)cs2)CC1. The van der Waals surface area contributed by atoms with E-state index in [2.05, 4.69) is 15.2 Å². The molecule has 26 heavy (non-hydrogen) atoms. The van der Waals surface area contributed by atoms with E-state index < -0.39 is 0 Å². The van der Waals surface area contributed by atoms with Crippen LogP contribution < -0.4 is 4.90 Å². The number of ketones is 1. The zero-order valence-corrected chi connectivity index (χ0v) is 17.0. The zero-order valence-electron chi connectivity index (χ0n) is 16.2. The number of Topliss-reactive ketones (excluding diaryl/α,β-unsaturated/α-hetero) is 1. The number of hydrogen-bond donors (Lipinski definition) is 0. The van der Waals surface area contributed by atoms with E-state index in [0.717, 1.165) is 61.3 Å². The van der Waals surface area contributed by atoms with Crippen LogP contribution in [0.3, 0.4) is 0 Å². The number of piperazine rings is 1. The molecule has 0 aliphatic carbocycles. The van der Waals surface area contributed by atoms with Crippen LogP contribution in [0.4, 0.5) is 5.13 Å². The molecule has 0 amide bonds. The minimum atomic E-state index is 0.0897. The molecule has 1 aromatic heterocycles. The third-order valence-electron chi connectivity index (χ3n) is 4.33. The molecule has 0 unspecified atom stereocenters. The Labute approximate surface area is 160 Å². The first-order valence-corrected chi connectivity index (χ1v) is 10.1. The molecule has 2 heterocycles. The van der Waals surface area contributed by atoms with Crippen molar-refractivity contribution < 1.29 is 9.53 Å². The number of rotatable bonds is 6. The fourth-order valence-corrected chi connectivity index (χ4v) is 3.69. The smallest absolute Gasteiger partial charge is 0.185 e. The Morgan fingerprint density at radius 1 is 1.15 bits per heavy atom. The van der Waals surface area contributed by atoms with Crippen molar-refractivity contribution in [3.63, 3.8) is 0 Å². The minimum Gasteiger partial charge on any atom is -0.383 e. The number of methoxy groups -OCH3 is 1. The van der Waals surface area contributed by atoms with Crippen LogP contribution in [0.25, 0.3) is 11.3 Å². The molecular weight excluding hydrogens is 346 g/mol. The van der Waals surface area contributed by atoms with Gasteiger partial charge >= 0.3 is 0 Å². The van der Waals surface area contributed by atoms with Crippen molar-refractivity contribution in [2.75, 3.05) is 51.3 Å². The van der Waals surface area contributed by atoms with E-state index in [0.29, 0.717) is 0 Å². The fourth-order valence-electron chi connectivity index (χ4n) is 2.80. The standard InChI is InChI=1S/C18H23N3O2S.C2H6/c1-14(22)15-3-5-16(6-4-15)17-13-24-18(19-17)21-9-7-20(8-10-21)11-12-23-2;1-2/h3-6,13H,7-12H2,1-2H3;1-2H3. The van der Waals surface area contributed by atoms with Crippen LogP contribution in [0.5, 0.6) is 0 Å². The zero-order chi connectivity index (χ0) is 18.9. The van der Waals surface area contributed by atoms with Crippen LogP contribution in [0.15, 0.2) is 29.6 Å². The molecule has 0 saturated carbocycles. The van der Waals surface area contributed by atoms with Crippen molar-refractivity contribution in [3.05, 3.63) is 35.2 Å². The highest BCUT2D eigenvalue weighted by Crippen LogP contribution is 2.28. The van der Waals surface area contributed by atoms with Crippen molar-refractivity contribution in [2.45, 2.75) is 20.8 Å². The summed E-state index contributed by atoms with van der Waals surface area (Å²) in [7, 11) is 1.75. The molecule has 0 bridgehead atoms. The lowest BCUT2D eigenvalue weighted by Crippen LogP contribution is -2.47. The molecule has 142 valence electrons. The van der Waals surface area contributed by atoms with E-state index in [1.54, 1.807) is 25.4 Å². The number of benzene rings is 1. The van der Waals surface area contributed by atoms with Gasteiger partial charge in [0.15, 0.2) is 10.9 Å². The van der Waals surface area contributed by atoms with E-state index in [-0.39, 0.29) is 5.78 Å². The number of aromatic nitrogens is 1. The van der Waals surface area contributed by atoms with Gasteiger partial charge in [0.2, 0.25) is 0 Å². The van der Waals surface area contributed by atoms with Gasteiger partial charge in [-0.25, -0.2) is 4.98 Å². The van der Waals surface area contributed by atoms with Gasteiger partial charge in [0.25, 0.3) is 0 Å². The van der Waals surface area contributed by atoms with Gasteiger partial charge in [-0.2, -0.15) is 0 Å². The monoisotopic (exact) mass is 375 g/mol. The van der Waals surface area contributed by atoms with Crippen LogP contribution in [-0.2, 0) is 4.74 Å². The molecule has 5 nitrogen and oxygen atoms in total. The number of carbonyl (C=O) groups excluding carboxylic acids is 1. The largest absolute Gasteiger partial charge is 0.383 e. The normalized spacial score (nSPS) is 14.7. The lowest BCUT2D eigenvalue weighted by atomic mass is 10.1. The van der Waals surface area contributed by atoms with Crippen LogP contribution >= 0.6 is 11.3 Å². The van der Waals surface area contributed by atoms with Crippen LogP contribution in [0.2, 0.25) is 0 Å². The second kappa shape index (κ2) is 10.4. The molecule has 2 aromatic rings. The van der Waals surface area contributed by atoms with Crippen molar-refractivity contribution in [2.24, 2.45) is 0 Å². The first-order chi connectivity index (χ1) is 12.7.